The fourth-order valence-electron chi connectivity index (χ4n) is 3.44. The zero-order valence-electron chi connectivity index (χ0n) is 28.7. The first-order chi connectivity index (χ1) is 22.3. The van der Waals surface area contributed by atoms with E-state index in [1.807, 2.05) is 36.4 Å². The van der Waals surface area contributed by atoms with Gasteiger partial charge in [0.15, 0.2) is 14.7 Å². The van der Waals surface area contributed by atoms with Crippen LogP contribution >= 0.6 is 7.81 Å². The number of ether oxygens (including phenoxy) is 6. The molecule has 3 rings (SSSR count). The molecule has 0 N–H and O–H groups in total. The Kier molecular flexibility index (Phi) is 12.3. The first kappa shape index (κ1) is 42.0. The predicted octanol–water partition coefficient (Wildman–Crippen LogP) is 12.1. The summed E-state index contributed by atoms with van der Waals surface area (Å²) in [4.78, 5) is 39.1. The Labute approximate surface area is 288 Å². The molecule has 9 nitrogen and oxygen atoms in total. The van der Waals surface area contributed by atoms with Gasteiger partial charge < -0.3 is 28.4 Å². The molecule has 50 heavy (non-hydrogen) atoms. The molecule has 0 fully saturated rings. The molecule has 0 bridgehead atoms. The van der Waals surface area contributed by atoms with E-state index >= 15 is 0 Å². The van der Waals surface area contributed by atoms with Gasteiger partial charge in [-0.1, -0.05) is 0 Å². The summed E-state index contributed by atoms with van der Waals surface area (Å²) >= 11 is 0. The van der Waals surface area contributed by atoms with Gasteiger partial charge in [-0.2, -0.15) is 0 Å². The SMILES string of the molecule is CC(C)(C)OC(=O)Oc1ccc([S+](c2ccc(OC(=O)OC(C)(C)C)cc2)c2ccc(OC(=O)OC(C)(C)C)cc2)cc1.F[P-](F)(F)(F)(F)F. The maximum absolute atomic E-state index is 12.1. The van der Waals surface area contributed by atoms with Crippen LogP contribution in [0.25, 0.3) is 0 Å². The summed E-state index contributed by atoms with van der Waals surface area (Å²) in [6.45, 7) is 15.8. The molecule has 0 unspecified atom stereocenters. The van der Waals surface area contributed by atoms with Crippen LogP contribution in [0.3, 0.4) is 0 Å². The Hall–Kier alpha value is -4.17. The van der Waals surface area contributed by atoms with E-state index in [0.29, 0.717) is 17.2 Å². The van der Waals surface area contributed by atoms with Gasteiger partial charge in [0.1, 0.15) is 34.1 Å². The van der Waals surface area contributed by atoms with E-state index in [0.717, 1.165) is 14.7 Å². The van der Waals surface area contributed by atoms with E-state index in [4.69, 9.17) is 28.4 Å². The minimum absolute atomic E-state index is 0.337. The van der Waals surface area contributed by atoms with Crippen molar-refractivity contribution in [3.8, 4) is 17.2 Å². The van der Waals surface area contributed by atoms with Crippen LogP contribution in [0.5, 0.6) is 17.2 Å². The van der Waals surface area contributed by atoms with Gasteiger partial charge >= 0.3 is 51.5 Å². The third-order valence-corrected chi connectivity index (χ3v) is 7.18. The number of halogens is 6. The fraction of sp³-hybridized carbons (Fsp3) is 0.364. The van der Waals surface area contributed by atoms with Crippen molar-refractivity contribution in [3.63, 3.8) is 0 Å². The quantitative estimate of drug-likeness (QED) is 0.0606. The van der Waals surface area contributed by atoms with Crippen LogP contribution in [0.4, 0.5) is 39.6 Å². The molecule has 17 heteroatoms. The fourth-order valence-corrected chi connectivity index (χ4v) is 5.48. The van der Waals surface area contributed by atoms with Crippen molar-refractivity contribution in [1.29, 1.82) is 0 Å². The first-order valence-electron chi connectivity index (χ1n) is 14.7. The Balaban J connectivity index is 0.00000112. The average molecular weight is 757 g/mol. The molecule has 0 aliphatic rings. The number of rotatable bonds is 6. The third kappa shape index (κ3) is 19.1. The van der Waals surface area contributed by atoms with E-state index < -0.39 is 54.0 Å². The van der Waals surface area contributed by atoms with Crippen LogP contribution in [-0.4, -0.2) is 35.3 Å². The number of hydrogen-bond acceptors (Lipinski definition) is 9. The van der Waals surface area contributed by atoms with Crippen molar-refractivity contribution in [2.75, 3.05) is 0 Å². The van der Waals surface area contributed by atoms with Crippen LogP contribution in [0.2, 0.25) is 0 Å². The summed E-state index contributed by atoms with van der Waals surface area (Å²) < 4.78 is 90.9. The summed E-state index contributed by atoms with van der Waals surface area (Å²) in [7, 11) is -11.3. The van der Waals surface area contributed by atoms with Crippen LogP contribution in [0.15, 0.2) is 87.5 Å². The summed E-state index contributed by atoms with van der Waals surface area (Å²) in [6.07, 6.45) is -2.37. The molecular formula is C33H39F6O9PS. The van der Waals surface area contributed by atoms with E-state index in [9.17, 15) is 39.6 Å². The molecule has 0 spiro atoms. The van der Waals surface area contributed by atoms with E-state index in [1.54, 1.807) is 98.7 Å². The van der Waals surface area contributed by atoms with Crippen molar-refractivity contribution in [3.05, 3.63) is 72.8 Å². The Bertz CT molecular complexity index is 1440. The molecule has 0 saturated carbocycles. The minimum atomic E-state index is -10.7. The van der Waals surface area contributed by atoms with Crippen molar-refractivity contribution < 1.29 is 68.0 Å². The second kappa shape index (κ2) is 14.6. The molecule has 3 aromatic carbocycles. The van der Waals surface area contributed by atoms with Gasteiger partial charge in [0.25, 0.3) is 0 Å². The van der Waals surface area contributed by atoms with Gasteiger partial charge in [-0.25, -0.2) is 14.4 Å². The Morgan fingerprint density at radius 3 is 0.780 bits per heavy atom. The standard InChI is InChI=1S/C33H39O9S.F6P/c1-31(2,3)40-28(34)37-22-10-16-25(17-11-22)43(26-18-12-23(13-19-26)38-29(35)41-32(4,5)6)27-20-14-24(15-21-27)39-30(36)42-33(7,8)9;1-7(2,3,4,5)6/h10-21H,1-9H3;/q+1;-1. The van der Waals surface area contributed by atoms with Crippen molar-refractivity contribution in [2.45, 2.75) is 93.8 Å². The van der Waals surface area contributed by atoms with E-state index in [1.165, 1.54) is 0 Å². The van der Waals surface area contributed by atoms with Crippen LogP contribution in [-0.2, 0) is 25.1 Å². The van der Waals surface area contributed by atoms with Gasteiger partial charge in [-0.15, -0.1) is 0 Å². The zero-order chi connectivity index (χ0) is 38.4. The number of carbonyl (C=O) groups is 3. The number of benzene rings is 3. The summed E-state index contributed by atoms with van der Waals surface area (Å²) in [5.41, 5.74) is -2.04. The van der Waals surface area contributed by atoms with Gasteiger partial charge in [0, 0.05) is 0 Å². The summed E-state index contributed by atoms with van der Waals surface area (Å²) in [5.74, 6) is 1.01. The van der Waals surface area contributed by atoms with Crippen molar-refractivity contribution in [1.82, 2.24) is 0 Å². The van der Waals surface area contributed by atoms with Gasteiger partial charge in [0.2, 0.25) is 0 Å². The van der Waals surface area contributed by atoms with Gasteiger partial charge in [-0.05, 0) is 135 Å². The molecule has 0 aliphatic carbocycles. The third-order valence-electron chi connectivity index (χ3n) is 4.95. The number of carbonyl (C=O) groups excluding carboxylic acids is 3. The monoisotopic (exact) mass is 756 g/mol. The van der Waals surface area contributed by atoms with Crippen LogP contribution in [0, 0.1) is 0 Å². The summed E-state index contributed by atoms with van der Waals surface area (Å²) in [6, 6.07) is 21.3. The maximum atomic E-state index is 12.1. The topological polar surface area (TPSA) is 107 Å². The molecule has 0 amide bonds. The summed E-state index contributed by atoms with van der Waals surface area (Å²) in [5, 5.41) is 0. The van der Waals surface area contributed by atoms with Crippen molar-refractivity contribution in [2.24, 2.45) is 0 Å². The average Bonchev–Trinajstić information content (AvgIpc) is 2.86. The van der Waals surface area contributed by atoms with E-state index in [2.05, 4.69) is 0 Å². The molecule has 0 aromatic heterocycles. The van der Waals surface area contributed by atoms with E-state index in [-0.39, 0.29) is 0 Å². The zero-order valence-corrected chi connectivity index (χ0v) is 30.4. The normalized spacial score (nSPS) is 13.4. The molecule has 278 valence electrons. The van der Waals surface area contributed by atoms with Crippen LogP contribution < -0.4 is 14.2 Å². The molecule has 0 atom stereocenters. The molecular weight excluding hydrogens is 717 g/mol. The van der Waals surface area contributed by atoms with Crippen molar-refractivity contribution >= 4 is 37.2 Å². The van der Waals surface area contributed by atoms with Crippen LogP contribution in [0.1, 0.15) is 62.3 Å². The molecule has 0 heterocycles. The second-order valence-corrected chi connectivity index (χ2v) is 17.3. The molecule has 3 aromatic rings. The molecule has 0 aliphatic heterocycles. The molecule has 0 radical (unpaired) electrons. The second-order valence-electron chi connectivity index (χ2n) is 13.4. The van der Waals surface area contributed by atoms with Gasteiger partial charge in [-0.3, -0.25) is 0 Å². The number of hydrogen-bond donors (Lipinski definition) is 0. The van der Waals surface area contributed by atoms with Gasteiger partial charge in [0.05, 0.1) is 10.9 Å². The predicted molar refractivity (Wildman–Crippen MR) is 176 cm³/mol. The Morgan fingerprint density at radius 2 is 0.620 bits per heavy atom. The molecule has 0 saturated heterocycles. The Morgan fingerprint density at radius 1 is 0.440 bits per heavy atom. The first-order valence-corrected chi connectivity index (χ1v) is 17.9.